The van der Waals surface area contributed by atoms with Gasteiger partial charge in [-0.3, -0.25) is 9.48 Å². The molecule has 22 heavy (non-hydrogen) atoms. The quantitative estimate of drug-likeness (QED) is 0.879. The third-order valence-corrected chi connectivity index (χ3v) is 5.14. The molecule has 1 aliphatic heterocycles. The molecule has 2 heterocycles. The molecule has 0 bridgehead atoms. The maximum atomic E-state index is 12.3. The minimum atomic E-state index is -4.51. The monoisotopic (exact) mass is 341 g/mol. The summed E-state index contributed by atoms with van der Waals surface area (Å²) in [6.45, 7) is -1.45. The van der Waals surface area contributed by atoms with Crippen molar-refractivity contribution in [2.45, 2.75) is 30.5 Å². The normalized spacial score (nSPS) is 21.0. The number of halogens is 3. The van der Waals surface area contributed by atoms with Gasteiger partial charge in [0.25, 0.3) is 0 Å². The molecule has 1 saturated heterocycles. The molecular weight excluding hydrogens is 327 g/mol. The number of hydrogen-bond donors (Lipinski definition) is 1. The highest BCUT2D eigenvalue weighted by atomic mass is 32.2. The minimum Gasteiger partial charge on any atom is -0.481 e. The largest absolute Gasteiger partial charge is 0.481 e. The maximum absolute atomic E-state index is 12.3. The Morgan fingerprint density at radius 3 is 2.73 bits per heavy atom. The molecule has 1 unspecified atom stereocenters. The number of carboxylic acid groups (broad SMARTS) is 1. The standard InChI is InChI=1S/C11H14F3N3O4S/c12-11(13,14)7-16-6-9(4-15-16)22(20,21)17-3-1-2-8(5-17)10(18)19/h4,6,8H,1-3,5,7H2,(H,18,19). The number of sulfonamides is 1. The van der Waals surface area contributed by atoms with E-state index in [0.717, 1.165) is 16.7 Å². The van der Waals surface area contributed by atoms with E-state index >= 15 is 0 Å². The summed E-state index contributed by atoms with van der Waals surface area (Å²) in [5.41, 5.74) is 0. The number of alkyl halides is 3. The Hall–Kier alpha value is -1.62. The SMILES string of the molecule is O=C(O)C1CCCN(S(=O)(=O)c2cnn(CC(F)(F)F)c2)C1. The van der Waals surface area contributed by atoms with E-state index in [1.54, 1.807) is 0 Å². The number of hydrogen-bond acceptors (Lipinski definition) is 4. The first-order valence-electron chi connectivity index (χ1n) is 6.42. The highest BCUT2D eigenvalue weighted by molar-refractivity contribution is 7.89. The summed E-state index contributed by atoms with van der Waals surface area (Å²) in [6.07, 6.45) is -2.12. The molecule has 0 radical (unpaired) electrons. The summed E-state index contributed by atoms with van der Waals surface area (Å²) in [6, 6.07) is 0. The first-order valence-corrected chi connectivity index (χ1v) is 7.86. The van der Waals surface area contributed by atoms with E-state index < -0.39 is 34.6 Å². The Morgan fingerprint density at radius 1 is 1.45 bits per heavy atom. The van der Waals surface area contributed by atoms with E-state index in [1.807, 2.05) is 0 Å². The van der Waals surface area contributed by atoms with Gasteiger partial charge in [-0.15, -0.1) is 0 Å². The first kappa shape index (κ1) is 16.7. The fraction of sp³-hybridized carbons (Fsp3) is 0.636. The lowest BCUT2D eigenvalue weighted by molar-refractivity contribution is -0.143. The van der Waals surface area contributed by atoms with Gasteiger partial charge in [0.15, 0.2) is 0 Å². The lowest BCUT2D eigenvalue weighted by Crippen LogP contribution is -2.42. The molecule has 1 aliphatic rings. The topological polar surface area (TPSA) is 92.5 Å². The molecule has 2 rings (SSSR count). The molecular formula is C11H14F3N3O4S. The van der Waals surface area contributed by atoms with Crippen LogP contribution in [0.4, 0.5) is 13.2 Å². The van der Waals surface area contributed by atoms with Crippen LogP contribution < -0.4 is 0 Å². The van der Waals surface area contributed by atoms with Crippen molar-refractivity contribution >= 4 is 16.0 Å². The van der Waals surface area contributed by atoms with Crippen LogP contribution in [-0.2, 0) is 21.4 Å². The van der Waals surface area contributed by atoms with Crippen molar-refractivity contribution in [3.63, 3.8) is 0 Å². The van der Waals surface area contributed by atoms with Gasteiger partial charge in [-0.05, 0) is 12.8 Å². The lowest BCUT2D eigenvalue weighted by Gasteiger charge is -2.29. The van der Waals surface area contributed by atoms with Crippen LogP contribution in [0, 0.1) is 5.92 Å². The van der Waals surface area contributed by atoms with Crippen LogP contribution in [0.3, 0.4) is 0 Å². The van der Waals surface area contributed by atoms with Crippen molar-refractivity contribution in [3.8, 4) is 0 Å². The third kappa shape index (κ3) is 3.77. The lowest BCUT2D eigenvalue weighted by atomic mass is 10.0. The Balaban J connectivity index is 2.18. The molecule has 0 aliphatic carbocycles. The highest BCUT2D eigenvalue weighted by Gasteiger charge is 2.35. The fourth-order valence-electron chi connectivity index (χ4n) is 2.26. The number of carboxylic acids is 1. The Morgan fingerprint density at radius 2 is 2.14 bits per heavy atom. The van der Waals surface area contributed by atoms with E-state index in [1.165, 1.54) is 0 Å². The van der Waals surface area contributed by atoms with E-state index in [2.05, 4.69) is 5.10 Å². The zero-order chi connectivity index (χ0) is 16.5. The summed E-state index contributed by atoms with van der Waals surface area (Å²) in [5, 5.41) is 12.4. The summed E-state index contributed by atoms with van der Waals surface area (Å²) in [5.74, 6) is -1.90. The number of nitrogens with zero attached hydrogens (tertiary/aromatic N) is 3. The molecule has 1 aromatic heterocycles. The molecule has 0 spiro atoms. The summed E-state index contributed by atoms with van der Waals surface area (Å²) in [7, 11) is -4.04. The van der Waals surface area contributed by atoms with Crippen molar-refractivity contribution in [3.05, 3.63) is 12.4 Å². The van der Waals surface area contributed by atoms with Gasteiger partial charge < -0.3 is 5.11 Å². The van der Waals surface area contributed by atoms with Crippen LogP contribution in [0.25, 0.3) is 0 Å². The van der Waals surface area contributed by atoms with Gasteiger partial charge in [-0.25, -0.2) is 8.42 Å². The van der Waals surface area contributed by atoms with Crippen molar-refractivity contribution < 1.29 is 31.5 Å². The van der Waals surface area contributed by atoms with Gasteiger partial charge in [0.1, 0.15) is 11.4 Å². The second-order valence-electron chi connectivity index (χ2n) is 5.03. The van der Waals surface area contributed by atoms with Gasteiger partial charge in [-0.2, -0.15) is 22.6 Å². The van der Waals surface area contributed by atoms with Crippen molar-refractivity contribution in [2.24, 2.45) is 5.92 Å². The smallest absolute Gasteiger partial charge is 0.408 e. The van der Waals surface area contributed by atoms with E-state index in [4.69, 9.17) is 5.11 Å². The summed E-state index contributed by atoms with van der Waals surface area (Å²) < 4.78 is 62.9. The number of carbonyl (C=O) groups is 1. The van der Waals surface area contributed by atoms with E-state index in [-0.39, 0.29) is 18.0 Å². The Bertz CT molecular complexity index is 656. The zero-order valence-corrected chi connectivity index (χ0v) is 12.1. The van der Waals surface area contributed by atoms with Crippen LogP contribution in [0.5, 0.6) is 0 Å². The number of rotatable bonds is 4. The number of piperidine rings is 1. The van der Waals surface area contributed by atoms with Gasteiger partial charge in [0.05, 0.1) is 12.1 Å². The maximum Gasteiger partial charge on any atom is 0.408 e. The summed E-state index contributed by atoms with van der Waals surface area (Å²) in [4.78, 5) is 10.6. The molecule has 0 aromatic carbocycles. The molecule has 1 fully saturated rings. The molecule has 1 aromatic rings. The molecule has 1 N–H and O–H groups in total. The van der Waals surface area contributed by atoms with Crippen LogP contribution in [-0.4, -0.2) is 52.8 Å². The Kier molecular flexibility index (Phi) is 4.47. The van der Waals surface area contributed by atoms with Gasteiger partial charge in [-0.1, -0.05) is 0 Å². The van der Waals surface area contributed by atoms with Crippen LogP contribution in [0.1, 0.15) is 12.8 Å². The molecule has 0 amide bonds. The van der Waals surface area contributed by atoms with Gasteiger partial charge >= 0.3 is 12.1 Å². The average Bonchev–Trinajstić information content (AvgIpc) is 2.85. The molecule has 1 atom stereocenters. The van der Waals surface area contributed by atoms with Gasteiger partial charge in [0, 0.05) is 19.3 Å². The van der Waals surface area contributed by atoms with Crippen molar-refractivity contribution in [1.29, 1.82) is 0 Å². The molecule has 11 heteroatoms. The second kappa shape index (κ2) is 5.88. The van der Waals surface area contributed by atoms with Crippen molar-refractivity contribution in [1.82, 2.24) is 14.1 Å². The highest BCUT2D eigenvalue weighted by Crippen LogP contribution is 2.24. The fourth-order valence-corrected chi connectivity index (χ4v) is 3.74. The zero-order valence-electron chi connectivity index (χ0n) is 11.3. The first-order chi connectivity index (χ1) is 10.1. The van der Waals surface area contributed by atoms with Crippen LogP contribution in [0.15, 0.2) is 17.3 Å². The van der Waals surface area contributed by atoms with E-state index in [9.17, 15) is 26.4 Å². The molecule has 0 saturated carbocycles. The van der Waals surface area contributed by atoms with Crippen LogP contribution >= 0.6 is 0 Å². The summed E-state index contributed by atoms with van der Waals surface area (Å²) >= 11 is 0. The molecule has 7 nitrogen and oxygen atoms in total. The van der Waals surface area contributed by atoms with Crippen molar-refractivity contribution in [2.75, 3.05) is 13.1 Å². The average molecular weight is 341 g/mol. The van der Waals surface area contributed by atoms with Crippen LogP contribution in [0.2, 0.25) is 0 Å². The number of aromatic nitrogens is 2. The van der Waals surface area contributed by atoms with Gasteiger partial charge in [0.2, 0.25) is 10.0 Å². The predicted molar refractivity (Wildman–Crippen MR) is 67.4 cm³/mol. The third-order valence-electron chi connectivity index (χ3n) is 3.32. The second-order valence-corrected chi connectivity index (χ2v) is 6.97. The Labute approximate surface area is 124 Å². The molecule has 124 valence electrons. The minimum absolute atomic E-state index is 0.135. The number of aliphatic carboxylic acids is 1. The predicted octanol–water partition coefficient (Wildman–Crippen LogP) is 0.931. The van der Waals surface area contributed by atoms with E-state index in [0.29, 0.717) is 17.5 Å².